The molecule has 5 amide bonds. The SMILES string of the molecule is COC(=O)N[C@H](C(=O)NCN(CCc1c(F)cc(C(N)=CC=NC(F)F)cc1F)C[C@H](O)[C@H](Cc1ccc(C#Cc2ccc(-c3cn4c(n3)CN(C)C(=O)C4)cc2)cc1)NC(=O)[C@@H](NC(=O)OC)C(C)(C)C(F)(F)F)C(C)(C)C(F)(F)F. The summed E-state index contributed by atoms with van der Waals surface area (Å²) >= 11 is 0. The van der Waals surface area contributed by atoms with Gasteiger partial charge in [-0.05, 0) is 88.6 Å². The van der Waals surface area contributed by atoms with Crippen LogP contribution in [0.1, 0.15) is 61.3 Å². The number of hydrogen-bond acceptors (Lipinski definition) is 12. The summed E-state index contributed by atoms with van der Waals surface area (Å²) in [7, 11) is 3.35. The van der Waals surface area contributed by atoms with Crippen molar-refractivity contribution in [3.8, 4) is 23.1 Å². The molecular formula is C54H60F10N10O8. The predicted molar refractivity (Wildman–Crippen MR) is 278 cm³/mol. The molecule has 0 spiro atoms. The Labute approximate surface area is 464 Å². The van der Waals surface area contributed by atoms with Crippen LogP contribution in [0.15, 0.2) is 77.9 Å². The van der Waals surface area contributed by atoms with Gasteiger partial charge in [-0.1, -0.05) is 36.1 Å². The number of halogens is 10. The molecule has 1 aliphatic heterocycles. The number of rotatable bonds is 21. The Hall–Kier alpha value is -8.19. The summed E-state index contributed by atoms with van der Waals surface area (Å²) < 4.78 is 154. The highest BCUT2D eigenvalue weighted by Crippen LogP contribution is 2.42. The smallest absolute Gasteiger partial charge is 0.407 e. The van der Waals surface area contributed by atoms with E-state index in [0.717, 1.165) is 48.7 Å². The van der Waals surface area contributed by atoms with Gasteiger partial charge in [0.2, 0.25) is 17.7 Å². The molecule has 2 heterocycles. The van der Waals surface area contributed by atoms with E-state index in [4.69, 9.17) is 5.73 Å². The predicted octanol–water partition coefficient (Wildman–Crippen LogP) is 6.43. The van der Waals surface area contributed by atoms with Gasteiger partial charge in [-0.25, -0.2) is 28.3 Å². The summed E-state index contributed by atoms with van der Waals surface area (Å²) in [6.45, 7) is -2.36. The number of amides is 5. The number of nitrogens with two attached hydrogens (primary N) is 1. The molecule has 4 aromatic rings. The highest BCUT2D eigenvalue weighted by atomic mass is 19.4. The van der Waals surface area contributed by atoms with Gasteiger partial charge in [0.1, 0.15) is 36.1 Å². The van der Waals surface area contributed by atoms with Crippen molar-refractivity contribution < 1.29 is 82.5 Å². The zero-order valence-corrected chi connectivity index (χ0v) is 45.2. The Kier molecular flexibility index (Phi) is 21.3. The van der Waals surface area contributed by atoms with Crippen LogP contribution in [0.5, 0.6) is 0 Å². The number of nitrogens with one attached hydrogen (secondary N) is 4. The number of allylic oxidation sites excluding steroid dienone is 1. The third kappa shape index (κ3) is 16.7. The first-order valence-electron chi connectivity index (χ1n) is 24.8. The van der Waals surface area contributed by atoms with Crippen LogP contribution in [0.3, 0.4) is 0 Å². The van der Waals surface area contributed by atoms with E-state index >= 15 is 8.78 Å². The molecule has 0 radical (unpaired) electrons. The highest BCUT2D eigenvalue weighted by Gasteiger charge is 2.57. The quantitative estimate of drug-likeness (QED) is 0.0175. The summed E-state index contributed by atoms with van der Waals surface area (Å²) in [6, 6.07) is 8.36. The molecule has 4 atom stereocenters. The number of methoxy groups -OCH3 is 2. The van der Waals surface area contributed by atoms with Crippen molar-refractivity contribution in [3.63, 3.8) is 0 Å². The van der Waals surface area contributed by atoms with E-state index in [2.05, 4.69) is 41.9 Å². The first-order valence-corrected chi connectivity index (χ1v) is 24.8. The number of hydrogen-bond donors (Lipinski definition) is 6. The van der Waals surface area contributed by atoms with Crippen LogP contribution < -0.4 is 27.0 Å². The number of carbonyl (C=O) groups excluding carboxylic acids is 5. The molecule has 18 nitrogen and oxygen atoms in total. The number of alkyl carbamates (subject to hydrolysis) is 2. The van der Waals surface area contributed by atoms with E-state index in [1.54, 1.807) is 47.0 Å². The number of benzene rings is 3. The van der Waals surface area contributed by atoms with Crippen LogP contribution in [-0.2, 0) is 49.8 Å². The Morgan fingerprint density at radius 1 is 0.829 bits per heavy atom. The number of nitrogens with zero attached hydrogens (tertiary/aromatic N) is 5. The van der Waals surface area contributed by atoms with Crippen LogP contribution >= 0.6 is 0 Å². The van der Waals surface area contributed by atoms with Crippen LogP contribution in [0.4, 0.5) is 53.5 Å². The minimum Gasteiger partial charge on any atom is -0.453 e. The van der Waals surface area contributed by atoms with E-state index < -0.39 is 128 Å². The lowest BCUT2D eigenvalue weighted by Gasteiger charge is -2.37. The lowest BCUT2D eigenvalue weighted by molar-refractivity contribution is -0.220. The standard InChI is InChI=1S/C54H60F10N10O8/c1-51(2,53(59,60)61)44(70-49(79)81-6)46(77)67-29-73(21-19-35-36(55)23-34(24-37(35)56)38(65)18-20-66-48(57)58)26-41(75)39(69-47(78)45(71-50(80)82-7)52(3,4)54(62,63)64)22-32-12-10-30(11-13-32)8-9-31-14-16-33(17-15-31)40-25-74-28-43(76)72(5)27-42(74)68-40/h10-18,20,23-25,39,41,44-45,48,75H,19,21-22,26-29,65H2,1-7H3,(H,67,77)(H,69,78)(H,70,79)(H,71,80)/t39-,41-,44+,45+/m0/s1. The van der Waals surface area contributed by atoms with Crippen molar-refractivity contribution in [1.29, 1.82) is 0 Å². The van der Waals surface area contributed by atoms with Crippen molar-refractivity contribution in [2.45, 2.75) is 96.8 Å². The summed E-state index contributed by atoms with van der Waals surface area (Å²) in [5.41, 5.74) is 1.33. The molecule has 0 bridgehead atoms. The van der Waals surface area contributed by atoms with Gasteiger partial charge in [0.25, 0.3) is 0 Å². The van der Waals surface area contributed by atoms with Crippen molar-refractivity contribution in [3.05, 3.63) is 118 Å². The summed E-state index contributed by atoms with van der Waals surface area (Å²) in [5, 5.41) is 20.3. The molecule has 444 valence electrons. The molecule has 0 aliphatic carbocycles. The van der Waals surface area contributed by atoms with Crippen LogP contribution in [-0.4, -0.2) is 145 Å². The van der Waals surface area contributed by atoms with E-state index in [0.29, 0.717) is 62.8 Å². The largest absolute Gasteiger partial charge is 0.453 e. The van der Waals surface area contributed by atoms with Crippen molar-refractivity contribution in [2.75, 3.05) is 41.0 Å². The van der Waals surface area contributed by atoms with Gasteiger partial charge in [-0.3, -0.25) is 19.3 Å². The topological polar surface area (TPSA) is 235 Å². The number of imidazole rings is 1. The minimum atomic E-state index is -5.15. The fraction of sp³-hybridized carbons (Fsp3) is 0.426. The number of fused-ring (bicyclic) bond motifs is 1. The first kappa shape index (κ1) is 64.6. The number of ether oxygens (including phenoxy) is 2. The Balaban J connectivity index is 1.48. The van der Waals surface area contributed by atoms with Crippen molar-refractivity contribution >= 4 is 41.8 Å². The van der Waals surface area contributed by atoms with Crippen molar-refractivity contribution in [1.82, 2.24) is 40.6 Å². The number of aliphatic imine (C=N–C) groups is 1. The highest BCUT2D eigenvalue weighted by molar-refractivity contribution is 5.88. The molecule has 28 heteroatoms. The number of carbonyl (C=O) groups is 5. The van der Waals surface area contributed by atoms with E-state index in [9.17, 15) is 64.2 Å². The summed E-state index contributed by atoms with van der Waals surface area (Å²) in [6.07, 6.45) is -12.9. The first-order chi connectivity index (χ1) is 38.2. The fourth-order valence-corrected chi connectivity index (χ4v) is 8.13. The van der Waals surface area contributed by atoms with Gasteiger partial charge >= 0.3 is 31.1 Å². The molecule has 0 saturated heterocycles. The van der Waals surface area contributed by atoms with Gasteiger partial charge in [0, 0.05) is 66.1 Å². The Morgan fingerprint density at radius 2 is 1.35 bits per heavy atom. The van der Waals surface area contributed by atoms with E-state index in [1.165, 1.54) is 12.1 Å². The minimum absolute atomic E-state index is 0.0461. The van der Waals surface area contributed by atoms with Gasteiger partial charge < -0.3 is 51.0 Å². The molecule has 5 rings (SSSR count). The number of aliphatic hydroxyl groups excluding tert-OH is 1. The monoisotopic (exact) mass is 1170 g/mol. The van der Waals surface area contributed by atoms with Crippen LogP contribution in [0.2, 0.25) is 0 Å². The van der Waals surface area contributed by atoms with Gasteiger partial charge in [0.05, 0.1) is 56.1 Å². The maximum atomic E-state index is 15.7. The molecule has 3 aromatic carbocycles. The van der Waals surface area contributed by atoms with Gasteiger partial charge in [0.15, 0.2) is 0 Å². The molecule has 82 heavy (non-hydrogen) atoms. The molecule has 1 aliphatic rings. The molecule has 1 aromatic heterocycles. The molecule has 0 saturated carbocycles. The lowest BCUT2D eigenvalue weighted by atomic mass is 9.82. The molecule has 0 fully saturated rings. The zero-order chi connectivity index (χ0) is 61.1. The van der Waals surface area contributed by atoms with Gasteiger partial charge in [-0.15, -0.1) is 0 Å². The van der Waals surface area contributed by atoms with Crippen LogP contribution in [0.25, 0.3) is 17.0 Å². The second kappa shape index (κ2) is 27.1. The zero-order valence-electron chi connectivity index (χ0n) is 45.2. The summed E-state index contributed by atoms with van der Waals surface area (Å²) in [5.74, 6) is 1.29. The Morgan fingerprint density at radius 3 is 1.87 bits per heavy atom. The van der Waals surface area contributed by atoms with E-state index in [1.807, 2.05) is 22.8 Å². The second-order valence-corrected chi connectivity index (χ2v) is 20.1. The number of aromatic nitrogens is 2. The lowest BCUT2D eigenvalue weighted by Crippen LogP contribution is -2.62. The maximum Gasteiger partial charge on any atom is 0.407 e. The number of aliphatic hydroxyl groups is 1. The number of alkyl halides is 8. The fourth-order valence-electron chi connectivity index (χ4n) is 8.13. The molecule has 0 unspecified atom stereocenters. The Bertz CT molecular complexity index is 3040. The van der Waals surface area contributed by atoms with Crippen LogP contribution in [0, 0.1) is 34.3 Å². The van der Waals surface area contributed by atoms with Crippen molar-refractivity contribution in [2.24, 2.45) is 21.6 Å². The van der Waals surface area contributed by atoms with Gasteiger partial charge in [-0.2, -0.15) is 35.1 Å². The average Bonchev–Trinajstić information content (AvgIpc) is 3.87. The molecular weight excluding hydrogens is 1110 g/mol. The normalized spacial score (nSPS) is 14.8. The third-order valence-corrected chi connectivity index (χ3v) is 13.6. The van der Waals surface area contributed by atoms with E-state index in [-0.39, 0.29) is 23.7 Å². The molecule has 7 N–H and O–H groups in total. The summed E-state index contributed by atoms with van der Waals surface area (Å²) in [4.78, 5) is 74.6. The maximum absolute atomic E-state index is 15.7. The third-order valence-electron chi connectivity index (χ3n) is 13.6. The number of likely N-dealkylation sites (N-methyl/N-ethyl adjacent to an activating group) is 1. The average molecular weight is 1170 g/mol. The second-order valence-electron chi connectivity index (χ2n) is 20.1.